The molecular weight excluding hydrogens is 204 g/mol. The molecule has 1 aromatic heterocycles. The van der Waals surface area contributed by atoms with E-state index in [0.717, 1.165) is 5.75 Å². The number of amides is 1. The summed E-state index contributed by atoms with van der Waals surface area (Å²) in [5.41, 5.74) is 2.17. The number of carbonyl (C=O) groups excluding carboxylic acids is 1. The zero-order valence-electron chi connectivity index (χ0n) is 7.61. The molecule has 1 N–H and O–H groups in total. The van der Waals surface area contributed by atoms with Crippen molar-refractivity contribution in [1.29, 1.82) is 0 Å². The number of thiazole rings is 1. The maximum atomic E-state index is 11.4. The summed E-state index contributed by atoms with van der Waals surface area (Å²) >= 11 is 3.15. The maximum Gasteiger partial charge on any atom is 0.270 e. The third-order valence-electron chi connectivity index (χ3n) is 1.46. The topological polar surface area (TPSA) is 42.0 Å². The number of carbonyl (C=O) groups is 1. The van der Waals surface area contributed by atoms with Crippen LogP contribution in [0.5, 0.6) is 0 Å². The molecule has 0 aromatic carbocycles. The minimum Gasteiger partial charge on any atom is -0.347 e. The van der Waals surface area contributed by atoms with Crippen molar-refractivity contribution in [3.05, 3.63) is 16.6 Å². The lowest BCUT2D eigenvalue weighted by Crippen LogP contribution is -2.34. The van der Waals surface area contributed by atoms with Gasteiger partial charge >= 0.3 is 0 Å². The van der Waals surface area contributed by atoms with Crippen LogP contribution in [0.2, 0.25) is 0 Å². The van der Waals surface area contributed by atoms with E-state index in [1.165, 1.54) is 11.3 Å². The van der Waals surface area contributed by atoms with E-state index < -0.39 is 0 Å². The predicted octanol–water partition coefficient (Wildman–Crippen LogP) is 1.62. The van der Waals surface area contributed by atoms with E-state index in [4.69, 9.17) is 0 Å². The van der Waals surface area contributed by atoms with Gasteiger partial charge in [0.15, 0.2) is 0 Å². The largest absolute Gasteiger partial charge is 0.347 e. The fraction of sp³-hybridized carbons (Fsp3) is 0.500. The van der Waals surface area contributed by atoms with Gasteiger partial charge in [-0.2, -0.15) is 11.8 Å². The molecule has 0 bridgehead atoms. The lowest BCUT2D eigenvalue weighted by Gasteiger charge is -2.10. The molecule has 1 aromatic rings. The standard InChI is InChI=1S/C8H12N2OS2/c1-6(3-12-2)10-8(11)7-4-13-5-9-7/h4-6H,3H2,1-2H3,(H,10,11). The van der Waals surface area contributed by atoms with E-state index in [-0.39, 0.29) is 11.9 Å². The minimum atomic E-state index is -0.0807. The van der Waals surface area contributed by atoms with Gasteiger partial charge in [-0.15, -0.1) is 11.3 Å². The van der Waals surface area contributed by atoms with Gasteiger partial charge in [0.25, 0.3) is 5.91 Å². The van der Waals surface area contributed by atoms with Crippen LogP contribution in [-0.4, -0.2) is 28.9 Å². The Balaban J connectivity index is 2.42. The lowest BCUT2D eigenvalue weighted by molar-refractivity contribution is 0.0939. The molecule has 0 aliphatic rings. The Morgan fingerprint density at radius 2 is 2.62 bits per heavy atom. The van der Waals surface area contributed by atoms with Gasteiger partial charge in [0, 0.05) is 17.2 Å². The molecular formula is C8H12N2OS2. The van der Waals surface area contributed by atoms with E-state index >= 15 is 0 Å². The highest BCUT2D eigenvalue weighted by Crippen LogP contribution is 2.02. The van der Waals surface area contributed by atoms with Crippen molar-refractivity contribution >= 4 is 29.0 Å². The van der Waals surface area contributed by atoms with Crippen LogP contribution >= 0.6 is 23.1 Å². The van der Waals surface area contributed by atoms with E-state index in [1.807, 2.05) is 13.2 Å². The summed E-state index contributed by atoms with van der Waals surface area (Å²) in [5.74, 6) is 0.846. The molecule has 3 nitrogen and oxygen atoms in total. The summed E-state index contributed by atoms with van der Waals surface area (Å²) < 4.78 is 0. The zero-order valence-corrected chi connectivity index (χ0v) is 9.24. The molecule has 0 radical (unpaired) electrons. The molecule has 1 amide bonds. The van der Waals surface area contributed by atoms with Gasteiger partial charge in [0.05, 0.1) is 5.51 Å². The highest BCUT2D eigenvalue weighted by atomic mass is 32.2. The molecule has 1 heterocycles. The number of hydrogen-bond acceptors (Lipinski definition) is 4. The molecule has 0 aliphatic heterocycles. The van der Waals surface area contributed by atoms with Crippen LogP contribution in [0.4, 0.5) is 0 Å². The maximum absolute atomic E-state index is 11.4. The van der Waals surface area contributed by atoms with E-state index in [1.54, 1.807) is 22.7 Å². The molecule has 0 fully saturated rings. The molecule has 5 heteroatoms. The smallest absolute Gasteiger partial charge is 0.270 e. The van der Waals surface area contributed by atoms with Crippen LogP contribution in [0.25, 0.3) is 0 Å². The molecule has 1 unspecified atom stereocenters. The molecule has 13 heavy (non-hydrogen) atoms. The molecule has 0 saturated carbocycles. The Bertz CT molecular complexity index is 261. The van der Waals surface area contributed by atoms with Crippen LogP contribution < -0.4 is 5.32 Å². The summed E-state index contributed by atoms with van der Waals surface area (Å²) in [6, 6.07) is 0.198. The monoisotopic (exact) mass is 216 g/mol. The highest BCUT2D eigenvalue weighted by molar-refractivity contribution is 7.98. The first-order valence-corrected chi connectivity index (χ1v) is 6.25. The normalized spacial score (nSPS) is 12.5. The van der Waals surface area contributed by atoms with Gasteiger partial charge in [-0.05, 0) is 13.2 Å². The van der Waals surface area contributed by atoms with Crippen molar-refractivity contribution in [2.75, 3.05) is 12.0 Å². The van der Waals surface area contributed by atoms with Crippen LogP contribution in [0.15, 0.2) is 10.9 Å². The molecule has 72 valence electrons. The van der Waals surface area contributed by atoms with Crippen molar-refractivity contribution in [2.24, 2.45) is 0 Å². The Hall–Kier alpha value is -0.550. The highest BCUT2D eigenvalue weighted by Gasteiger charge is 2.10. The van der Waals surface area contributed by atoms with Crippen molar-refractivity contribution in [1.82, 2.24) is 10.3 Å². The van der Waals surface area contributed by atoms with Crippen molar-refractivity contribution in [3.8, 4) is 0 Å². The van der Waals surface area contributed by atoms with E-state index in [2.05, 4.69) is 10.3 Å². The van der Waals surface area contributed by atoms with Crippen molar-refractivity contribution < 1.29 is 4.79 Å². The molecule has 1 rings (SSSR count). The Morgan fingerprint density at radius 3 is 3.15 bits per heavy atom. The van der Waals surface area contributed by atoms with Gasteiger partial charge in [0.2, 0.25) is 0 Å². The van der Waals surface area contributed by atoms with E-state index in [9.17, 15) is 4.79 Å². The first-order valence-electron chi connectivity index (χ1n) is 3.92. The fourth-order valence-electron chi connectivity index (χ4n) is 0.914. The van der Waals surface area contributed by atoms with Crippen LogP contribution in [0.3, 0.4) is 0 Å². The average Bonchev–Trinajstić information content (AvgIpc) is 2.55. The fourth-order valence-corrected chi connectivity index (χ4v) is 2.03. The van der Waals surface area contributed by atoms with Gasteiger partial charge in [-0.1, -0.05) is 0 Å². The zero-order chi connectivity index (χ0) is 9.68. The number of aromatic nitrogens is 1. The molecule has 0 spiro atoms. The first kappa shape index (κ1) is 10.5. The van der Waals surface area contributed by atoms with Gasteiger partial charge < -0.3 is 5.32 Å². The van der Waals surface area contributed by atoms with Crippen LogP contribution in [0, 0.1) is 0 Å². The second-order valence-corrected chi connectivity index (χ2v) is 4.33. The molecule has 0 saturated heterocycles. The summed E-state index contributed by atoms with van der Waals surface area (Å²) in [6.45, 7) is 1.99. The second-order valence-electron chi connectivity index (χ2n) is 2.70. The minimum absolute atomic E-state index is 0.0807. The third-order valence-corrected chi connectivity index (χ3v) is 2.88. The SMILES string of the molecule is CSCC(C)NC(=O)c1cscn1. The van der Waals surface area contributed by atoms with Crippen molar-refractivity contribution in [2.45, 2.75) is 13.0 Å². The van der Waals surface area contributed by atoms with Gasteiger partial charge in [-0.25, -0.2) is 4.98 Å². The van der Waals surface area contributed by atoms with Crippen LogP contribution in [-0.2, 0) is 0 Å². The summed E-state index contributed by atoms with van der Waals surface area (Å²) in [5, 5.41) is 4.62. The molecule has 0 aliphatic carbocycles. The van der Waals surface area contributed by atoms with Gasteiger partial charge in [-0.3, -0.25) is 4.79 Å². The van der Waals surface area contributed by atoms with Gasteiger partial charge in [0.1, 0.15) is 5.69 Å². The first-order chi connectivity index (χ1) is 6.24. The summed E-state index contributed by atoms with van der Waals surface area (Å²) in [6.07, 6.45) is 2.02. The number of rotatable bonds is 4. The van der Waals surface area contributed by atoms with Crippen LogP contribution in [0.1, 0.15) is 17.4 Å². The third kappa shape index (κ3) is 3.36. The quantitative estimate of drug-likeness (QED) is 0.831. The Morgan fingerprint density at radius 1 is 1.85 bits per heavy atom. The van der Waals surface area contributed by atoms with E-state index in [0.29, 0.717) is 5.69 Å². The van der Waals surface area contributed by atoms with Crippen molar-refractivity contribution in [3.63, 3.8) is 0 Å². The number of thioether (sulfide) groups is 1. The Kier molecular flexibility index (Phi) is 4.24. The summed E-state index contributed by atoms with van der Waals surface area (Å²) in [4.78, 5) is 15.3. The number of hydrogen-bond donors (Lipinski definition) is 1. The second kappa shape index (κ2) is 5.24. The number of nitrogens with one attached hydrogen (secondary N) is 1. The number of nitrogens with zero attached hydrogens (tertiary/aromatic N) is 1. The molecule has 1 atom stereocenters. The average molecular weight is 216 g/mol. The summed E-state index contributed by atoms with van der Waals surface area (Å²) in [7, 11) is 0. The lowest BCUT2D eigenvalue weighted by atomic mass is 10.3. The predicted molar refractivity (Wildman–Crippen MR) is 57.4 cm³/mol. The Labute approximate surface area is 86.0 Å².